The molecule has 1 rings (SSSR count). The molecule has 0 radical (unpaired) electrons. The molecule has 0 aliphatic heterocycles. The van der Waals surface area contributed by atoms with E-state index in [1.807, 2.05) is 0 Å². The van der Waals surface area contributed by atoms with Crippen molar-refractivity contribution in [2.45, 2.75) is 34.2 Å². The SMILES string of the molecule is CCN(CC)CCNC(=O)Cn1c(C)c(NC=O)c(C)c1C=O. The van der Waals surface area contributed by atoms with Crippen LogP contribution in [0, 0.1) is 13.8 Å². The second kappa shape index (κ2) is 9.09. The molecule has 0 aliphatic carbocycles. The fraction of sp³-hybridized carbons (Fsp3) is 0.562. The molecular formula is C16H26N4O3. The third kappa shape index (κ3) is 4.66. The van der Waals surface area contributed by atoms with Gasteiger partial charge in [-0.15, -0.1) is 0 Å². The number of carbonyl (C=O) groups is 3. The Morgan fingerprint density at radius 3 is 2.39 bits per heavy atom. The minimum absolute atomic E-state index is 0.0551. The molecular weight excluding hydrogens is 296 g/mol. The Morgan fingerprint density at radius 2 is 1.87 bits per heavy atom. The predicted octanol–water partition coefficient (Wildman–Crippen LogP) is 0.944. The van der Waals surface area contributed by atoms with Crippen LogP contribution >= 0.6 is 0 Å². The Labute approximate surface area is 137 Å². The molecule has 0 fully saturated rings. The van der Waals surface area contributed by atoms with Gasteiger partial charge in [-0.25, -0.2) is 0 Å². The lowest BCUT2D eigenvalue weighted by molar-refractivity contribution is -0.121. The van der Waals surface area contributed by atoms with Crippen molar-refractivity contribution in [3.05, 3.63) is 17.0 Å². The van der Waals surface area contributed by atoms with Gasteiger partial charge in [0.05, 0.1) is 11.4 Å². The van der Waals surface area contributed by atoms with Crippen LogP contribution in [0.3, 0.4) is 0 Å². The zero-order chi connectivity index (χ0) is 17.4. The highest BCUT2D eigenvalue weighted by Gasteiger charge is 2.18. The molecule has 0 aliphatic rings. The maximum atomic E-state index is 12.1. The van der Waals surface area contributed by atoms with Crippen LogP contribution in [-0.2, 0) is 16.1 Å². The number of aromatic nitrogens is 1. The van der Waals surface area contributed by atoms with Crippen LogP contribution in [0.25, 0.3) is 0 Å². The molecule has 0 spiro atoms. The summed E-state index contributed by atoms with van der Waals surface area (Å²) in [4.78, 5) is 36.3. The van der Waals surface area contributed by atoms with Crippen molar-refractivity contribution >= 4 is 24.3 Å². The van der Waals surface area contributed by atoms with Gasteiger partial charge >= 0.3 is 0 Å². The number of likely N-dealkylation sites (N-methyl/N-ethyl adjacent to an activating group) is 1. The van der Waals surface area contributed by atoms with E-state index >= 15 is 0 Å². The third-order valence-electron chi connectivity index (χ3n) is 4.08. The normalized spacial score (nSPS) is 10.7. The van der Waals surface area contributed by atoms with Gasteiger partial charge in [-0.3, -0.25) is 14.4 Å². The molecule has 0 aromatic carbocycles. The second-order valence-electron chi connectivity index (χ2n) is 5.31. The highest BCUT2D eigenvalue weighted by molar-refractivity contribution is 5.86. The van der Waals surface area contributed by atoms with Crippen molar-refractivity contribution in [1.29, 1.82) is 0 Å². The summed E-state index contributed by atoms with van der Waals surface area (Å²) in [7, 11) is 0. The first kappa shape index (κ1) is 18.9. The predicted molar refractivity (Wildman–Crippen MR) is 89.8 cm³/mol. The lowest BCUT2D eigenvalue weighted by Gasteiger charge is -2.18. The van der Waals surface area contributed by atoms with Gasteiger partial charge in [-0.1, -0.05) is 13.8 Å². The van der Waals surface area contributed by atoms with Crippen molar-refractivity contribution in [2.75, 3.05) is 31.5 Å². The van der Waals surface area contributed by atoms with E-state index in [-0.39, 0.29) is 12.5 Å². The van der Waals surface area contributed by atoms with E-state index in [4.69, 9.17) is 0 Å². The Kier molecular flexibility index (Phi) is 7.47. The number of hydrogen-bond acceptors (Lipinski definition) is 4. The molecule has 2 N–H and O–H groups in total. The summed E-state index contributed by atoms with van der Waals surface area (Å²) in [5.74, 6) is -0.156. The van der Waals surface area contributed by atoms with E-state index in [0.717, 1.165) is 19.6 Å². The minimum atomic E-state index is -0.156. The third-order valence-corrected chi connectivity index (χ3v) is 4.08. The Bertz CT molecular complexity index is 562. The minimum Gasteiger partial charge on any atom is -0.353 e. The molecule has 7 nitrogen and oxygen atoms in total. The van der Waals surface area contributed by atoms with Gasteiger partial charge in [-0.2, -0.15) is 0 Å². The molecule has 128 valence electrons. The Hall–Kier alpha value is -2.15. The van der Waals surface area contributed by atoms with Gasteiger partial charge in [-0.05, 0) is 26.9 Å². The fourth-order valence-electron chi connectivity index (χ4n) is 2.64. The standard InChI is InChI=1S/C16H26N4O3/c1-5-19(6-2)8-7-17-15(23)9-20-13(4)16(18-11-22)12(3)14(20)10-21/h10-11H,5-9H2,1-4H3,(H,17,23)(H,18,22). The zero-order valence-electron chi connectivity index (χ0n) is 14.3. The summed E-state index contributed by atoms with van der Waals surface area (Å²) in [5.41, 5.74) is 2.35. The number of rotatable bonds is 10. The van der Waals surface area contributed by atoms with Gasteiger partial charge in [0.25, 0.3) is 0 Å². The van der Waals surface area contributed by atoms with Crippen molar-refractivity contribution in [3.8, 4) is 0 Å². The van der Waals surface area contributed by atoms with Crippen LogP contribution < -0.4 is 10.6 Å². The molecule has 1 heterocycles. The quantitative estimate of drug-likeness (QED) is 0.628. The van der Waals surface area contributed by atoms with Gasteiger partial charge in [0, 0.05) is 24.3 Å². The first-order valence-corrected chi connectivity index (χ1v) is 7.84. The highest BCUT2D eigenvalue weighted by atomic mass is 16.2. The van der Waals surface area contributed by atoms with Crippen molar-refractivity contribution in [1.82, 2.24) is 14.8 Å². The van der Waals surface area contributed by atoms with E-state index in [0.29, 0.717) is 41.9 Å². The van der Waals surface area contributed by atoms with Crippen molar-refractivity contribution in [3.63, 3.8) is 0 Å². The maximum absolute atomic E-state index is 12.1. The summed E-state index contributed by atoms with van der Waals surface area (Å²) < 4.78 is 1.63. The first-order valence-electron chi connectivity index (χ1n) is 7.84. The average Bonchev–Trinajstić information content (AvgIpc) is 2.76. The topological polar surface area (TPSA) is 83.4 Å². The van der Waals surface area contributed by atoms with Gasteiger partial charge in [0.2, 0.25) is 12.3 Å². The highest BCUT2D eigenvalue weighted by Crippen LogP contribution is 2.25. The molecule has 7 heteroatoms. The van der Waals surface area contributed by atoms with Crippen LogP contribution in [0.1, 0.15) is 35.6 Å². The largest absolute Gasteiger partial charge is 0.353 e. The van der Waals surface area contributed by atoms with E-state index in [1.165, 1.54) is 0 Å². The lowest BCUT2D eigenvalue weighted by Crippen LogP contribution is -2.36. The molecule has 0 saturated carbocycles. The van der Waals surface area contributed by atoms with Crippen molar-refractivity contribution < 1.29 is 14.4 Å². The summed E-state index contributed by atoms with van der Waals surface area (Å²) in [6, 6.07) is 0. The van der Waals surface area contributed by atoms with Crippen LogP contribution in [0.5, 0.6) is 0 Å². The van der Waals surface area contributed by atoms with Gasteiger partial charge in [0.1, 0.15) is 6.54 Å². The number of nitrogens with one attached hydrogen (secondary N) is 2. The van der Waals surface area contributed by atoms with Gasteiger partial charge in [0.15, 0.2) is 6.29 Å². The van der Waals surface area contributed by atoms with Crippen LogP contribution in [-0.4, -0.2) is 54.2 Å². The molecule has 2 amide bonds. The molecule has 1 aromatic rings. The maximum Gasteiger partial charge on any atom is 0.239 e. The Morgan fingerprint density at radius 1 is 1.22 bits per heavy atom. The smallest absolute Gasteiger partial charge is 0.239 e. The fourth-order valence-corrected chi connectivity index (χ4v) is 2.64. The monoisotopic (exact) mass is 322 g/mol. The molecule has 1 aromatic heterocycles. The van der Waals surface area contributed by atoms with Crippen molar-refractivity contribution in [2.24, 2.45) is 0 Å². The summed E-state index contributed by atoms with van der Waals surface area (Å²) in [6.45, 7) is 11.0. The van der Waals surface area contributed by atoms with E-state index in [1.54, 1.807) is 18.4 Å². The van der Waals surface area contributed by atoms with E-state index in [2.05, 4.69) is 29.4 Å². The molecule has 23 heavy (non-hydrogen) atoms. The lowest BCUT2D eigenvalue weighted by atomic mass is 10.2. The summed E-state index contributed by atoms with van der Waals surface area (Å²) in [6.07, 6.45) is 1.28. The number of amides is 2. The number of aldehydes is 1. The molecule has 0 saturated heterocycles. The van der Waals surface area contributed by atoms with E-state index in [9.17, 15) is 14.4 Å². The summed E-state index contributed by atoms with van der Waals surface area (Å²) in [5, 5.41) is 5.45. The Balaban J connectivity index is 2.76. The van der Waals surface area contributed by atoms with Crippen LogP contribution in [0.2, 0.25) is 0 Å². The number of nitrogens with zero attached hydrogens (tertiary/aromatic N) is 2. The number of anilines is 1. The van der Waals surface area contributed by atoms with Crippen LogP contribution in [0.15, 0.2) is 0 Å². The van der Waals surface area contributed by atoms with E-state index < -0.39 is 0 Å². The first-order chi connectivity index (χ1) is 11.0. The molecule has 0 atom stereocenters. The number of hydrogen-bond donors (Lipinski definition) is 2. The molecule has 0 unspecified atom stereocenters. The second-order valence-corrected chi connectivity index (χ2v) is 5.31. The van der Waals surface area contributed by atoms with Crippen LogP contribution in [0.4, 0.5) is 5.69 Å². The number of carbonyl (C=O) groups excluding carboxylic acids is 3. The summed E-state index contributed by atoms with van der Waals surface area (Å²) >= 11 is 0. The molecule has 0 bridgehead atoms. The zero-order valence-corrected chi connectivity index (χ0v) is 14.3. The average molecular weight is 322 g/mol. The van der Waals surface area contributed by atoms with Gasteiger partial charge < -0.3 is 20.1 Å².